The zero-order chi connectivity index (χ0) is 21.4. The number of amides is 1. The van der Waals surface area contributed by atoms with Gasteiger partial charge in [-0.3, -0.25) is 19.3 Å². The molecule has 1 unspecified atom stereocenters. The van der Waals surface area contributed by atoms with Gasteiger partial charge < -0.3 is 10.2 Å². The second kappa shape index (κ2) is 8.36. The number of benzene rings is 2. The lowest BCUT2D eigenvalue weighted by Gasteiger charge is -2.28. The fraction of sp³-hybridized carbons (Fsp3) is 0.400. The predicted octanol–water partition coefficient (Wildman–Crippen LogP) is 2.96. The Kier molecular flexibility index (Phi) is 5.42. The summed E-state index contributed by atoms with van der Waals surface area (Å²) in [6, 6.07) is 12.4. The van der Waals surface area contributed by atoms with Crippen LogP contribution in [0.15, 0.2) is 42.5 Å². The second-order valence-electron chi connectivity index (χ2n) is 8.75. The third kappa shape index (κ3) is 3.82. The minimum atomic E-state index is -0.214. The first-order valence-electron chi connectivity index (χ1n) is 11.2. The average Bonchev–Trinajstić information content (AvgIpc) is 3.45. The molecule has 31 heavy (non-hydrogen) atoms. The Bertz CT molecular complexity index is 1040. The lowest BCUT2D eigenvalue weighted by atomic mass is 9.83. The van der Waals surface area contributed by atoms with Crippen molar-refractivity contribution in [3.8, 4) is 0 Å². The third-order valence-corrected chi connectivity index (χ3v) is 6.74. The Labute approximate surface area is 182 Å². The smallest absolute Gasteiger partial charge is 0.238 e. The lowest BCUT2D eigenvalue weighted by molar-refractivity contribution is -0.117. The zero-order valence-electron chi connectivity index (χ0n) is 17.6. The maximum Gasteiger partial charge on any atom is 0.238 e. The van der Waals surface area contributed by atoms with Gasteiger partial charge in [0.15, 0.2) is 11.6 Å². The van der Waals surface area contributed by atoms with Crippen molar-refractivity contribution in [2.75, 3.05) is 38.0 Å². The molecule has 2 fully saturated rings. The Balaban J connectivity index is 1.32. The number of likely N-dealkylation sites (tertiary alicyclic amines) is 2. The first kappa shape index (κ1) is 20.1. The van der Waals surface area contributed by atoms with Gasteiger partial charge in [0.2, 0.25) is 5.91 Å². The van der Waals surface area contributed by atoms with Crippen LogP contribution in [0.5, 0.6) is 0 Å². The number of carbonyl (C=O) groups is 3. The highest BCUT2D eigenvalue weighted by molar-refractivity contribution is 6.30. The van der Waals surface area contributed by atoms with Crippen molar-refractivity contribution in [1.82, 2.24) is 9.80 Å². The maximum atomic E-state index is 13.1. The molecule has 2 aromatic rings. The number of carbonyl (C=O) groups excluding carboxylic acids is 3. The van der Waals surface area contributed by atoms with Crippen molar-refractivity contribution in [1.29, 1.82) is 0 Å². The number of nitrogens with zero attached hydrogens (tertiary/aromatic N) is 2. The number of rotatable bonds is 5. The van der Waals surface area contributed by atoms with Crippen LogP contribution in [0.3, 0.4) is 0 Å². The van der Waals surface area contributed by atoms with Crippen molar-refractivity contribution < 1.29 is 14.4 Å². The maximum absolute atomic E-state index is 13.1. The van der Waals surface area contributed by atoms with E-state index >= 15 is 0 Å². The Morgan fingerprint density at radius 3 is 2.35 bits per heavy atom. The molecule has 0 spiro atoms. The zero-order valence-corrected chi connectivity index (χ0v) is 17.6. The van der Waals surface area contributed by atoms with E-state index < -0.39 is 0 Å². The van der Waals surface area contributed by atoms with E-state index in [0.29, 0.717) is 40.5 Å². The number of anilines is 1. The van der Waals surface area contributed by atoms with Gasteiger partial charge in [-0.05, 0) is 51.4 Å². The van der Waals surface area contributed by atoms with Gasteiger partial charge in [0.25, 0.3) is 0 Å². The summed E-state index contributed by atoms with van der Waals surface area (Å²) < 4.78 is 0. The minimum Gasteiger partial charge on any atom is -0.324 e. The van der Waals surface area contributed by atoms with E-state index in [4.69, 9.17) is 0 Å². The van der Waals surface area contributed by atoms with Gasteiger partial charge in [-0.15, -0.1) is 0 Å². The predicted molar refractivity (Wildman–Crippen MR) is 119 cm³/mol. The summed E-state index contributed by atoms with van der Waals surface area (Å²) in [7, 11) is 0. The topological polar surface area (TPSA) is 69.7 Å². The molecule has 6 nitrogen and oxygen atoms in total. The van der Waals surface area contributed by atoms with Crippen LogP contribution < -0.4 is 5.32 Å². The quantitative estimate of drug-likeness (QED) is 0.691. The normalized spacial score (nSPS) is 21.2. The number of hydrogen-bond donors (Lipinski definition) is 1. The highest BCUT2D eigenvalue weighted by atomic mass is 16.2. The molecule has 2 aromatic carbocycles. The third-order valence-electron chi connectivity index (χ3n) is 6.74. The van der Waals surface area contributed by atoms with Crippen molar-refractivity contribution in [2.45, 2.75) is 31.7 Å². The SMILES string of the molecule is O=C(CN1CCCC1CN1CCCC1)Nc1cccc2c1C(=O)c1ccccc1C2=O. The fourth-order valence-electron chi connectivity index (χ4n) is 5.20. The van der Waals surface area contributed by atoms with Crippen LogP contribution in [0.4, 0.5) is 5.69 Å². The summed E-state index contributed by atoms with van der Waals surface area (Å²) >= 11 is 0. The van der Waals surface area contributed by atoms with Gasteiger partial charge in [0.1, 0.15) is 0 Å². The molecule has 3 aliphatic rings. The molecule has 1 N–H and O–H groups in total. The van der Waals surface area contributed by atoms with Crippen LogP contribution in [0.25, 0.3) is 0 Å². The summed E-state index contributed by atoms with van der Waals surface area (Å²) in [5, 5.41) is 2.93. The van der Waals surface area contributed by atoms with Crippen molar-refractivity contribution >= 4 is 23.2 Å². The summed E-state index contributed by atoms with van der Waals surface area (Å²) in [5.74, 6) is -0.526. The molecule has 0 aromatic heterocycles. The van der Waals surface area contributed by atoms with E-state index in [2.05, 4.69) is 15.1 Å². The molecule has 2 aliphatic heterocycles. The molecule has 1 aliphatic carbocycles. The molecular weight excluding hydrogens is 390 g/mol. The van der Waals surface area contributed by atoms with E-state index in [1.54, 1.807) is 42.5 Å². The van der Waals surface area contributed by atoms with Crippen LogP contribution in [-0.4, -0.2) is 66.0 Å². The van der Waals surface area contributed by atoms with Gasteiger partial charge >= 0.3 is 0 Å². The molecule has 0 saturated carbocycles. The van der Waals surface area contributed by atoms with Gasteiger partial charge in [0.05, 0.1) is 17.8 Å². The molecular formula is C25H27N3O3. The van der Waals surface area contributed by atoms with Crippen LogP contribution in [0.2, 0.25) is 0 Å². The first-order chi connectivity index (χ1) is 15.1. The number of fused-ring (bicyclic) bond motifs is 2. The van der Waals surface area contributed by atoms with E-state index in [-0.39, 0.29) is 17.5 Å². The molecule has 0 radical (unpaired) electrons. The van der Waals surface area contributed by atoms with Crippen LogP contribution in [0.1, 0.15) is 57.5 Å². The standard InChI is InChI=1S/C25H27N3O3/c29-22(16-28-14-6-7-17(28)15-27-12-3-4-13-27)26-21-11-5-10-20-23(21)25(31)19-9-2-1-8-18(19)24(20)30/h1-2,5,8-11,17H,3-4,6-7,12-16H2,(H,26,29). The van der Waals surface area contributed by atoms with Crippen LogP contribution >= 0.6 is 0 Å². The molecule has 1 atom stereocenters. The van der Waals surface area contributed by atoms with Crippen molar-refractivity contribution in [3.05, 3.63) is 64.7 Å². The Morgan fingerprint density at radius 2 is 1.58 bits per heavy atom. The van der Waals surface area contributed by atoms with Crippen LogP contribution in [0, 0.1) is 0 Å². The molecule has 0 bridgehead atoms. The average molecular weight is 418 g/mol. The second-order valence-corrected chi connectivity index (χ2v) is 8.75. The van der Waals surface area contributed by atoms with Crippen molar-refractivity contribution in [2.24, 2.45) is 0 Å². The van der Waals surface area contributed by atoms with E-state index in [1.165, 1.54) is 12.8 Å². The van der Waals surface area contributed by atoms with E-state index in [1.807, 2.05) is 0 Å². The lowest BCUT2D eigenvalue weighted by Crippen LogP contribution is -2.43. The molecule has 5 rings (SSSR count). The Hall–Kier alpha value is -2.83. The summed E-state index contributed by atoms with van der Waals surface area (Å²) in [6.45, 7) is 4.57. The van der Waals surface area contributed by atoms with Gasteiger partial charge in [-0.25, -0.2) is 0 Å². The van der Waals surface area contributed by atoms with Crippen LogP contribution in [-0.2, 0) is 4.79 Å². The molecule has 2 heterocycles. The minimum absolute atomic E-state index is 0.138. The largest absolute Gasteiger partial charge is 0.324 e. The summed E-state index contributed by atoms with van der Waals surface area (Å²) in [4.78, 5) is 43.7. The highest BCUT2D eigenvalue weighted by Gasteiger charge is 2.33. The monoisotopic (exact) mass is 417 g/mol. The Morgan fingerprint density at radius 1 is 0.871 bits per heavy atom. The number of ketones is 2. The molecule has 1 amide bonds. The molecule has 2 saturated heterocycles. The molecule has 160 valence electrons. The number of nitrogens with one attached hydrogen (secondary N) is 1. The van der Waals surface area contributed by atoms with Gasteiger partial charge in [-0.2, -0.15) is 0 Å². The summed E-state index contributed by atoms with van der Waals surface area (Å²) in [6.07, 6.45) is 4.76. The molecule has 6 heteroatoms. The highest BCUT2D eigenvalue weighted by Crippen LogP contribution is 2.32. The number of hydrogen-bond acceptors (Lipinski definition) is 5. The van der Waals surface area contributed by atoms with E-state index in [0.717, 1.165) is 39.0 Å². The van der Waals surface area contributed by atoms with E-state index in [9.17, 15) is 14.4 Å². The van der Waals surface area contributed by atoms with Gasteiger partial charge in [-0.1, -0.05) is 36.4 Å². The van der Waals surface area contributed by atoms with Gasteiger partial charge in [0, 0.05) is 29.3 Å². The van der Waals surface area contributed by atoms with Crippen molar-refractivity contribution in [3.63, 3.8) is 0 Å². The fourth-order valence-corrected chi connectivity index (χ4v) is 5.20. The first-order valence-corrected chi connectivity index (χ1v) is 11.2. The summed E-state index contributed by atoms with van der Waals surface area (Å²) in [5.41, 5.74) is 1.90.